The molecule has 0 atom stereocenters. The Morgan fingerprint density at radius 3 is 2.82 bits per heavy atom. The molecule has 1 aromatic rings. The molecule has 3 rings (SSSR count). The number of fused-ring (bicyclic) bond motifs is 1. The maximum absolute atomic E-state index is 12.3. The molecule has 0 aromatic carbocycles. The van der Waals surface area contributed by atoms with E-state index in [-0.39, 0.29) is 11.6 Å². The van der Waals surface area contributed by atoms with Crippen molar-refractivity contribution < 1.29 is 4.79 Å². The van der Waals surface area contributed by atoms with Gasteiger partial charge in [-0.2, -0.15) is 4.98 Å². The van der Waals surface area contributed by atoms with Crippen molar-refractivity contribution in [3.8, 4) is 0 Å². The number of amides is 1. The van der Waals surface area contributed by atoms with Crippen LogP contribution in [0, 0.1) is 5.92 Å². The normalized spacial score (nSPS) is 19.0. The molecule has 1 saturated heterocycles. The largest absolute Gasteiger partial charge is 0.346 e. The van der Waals surface area contributed by atoms with Gasteiger partial charge in [0.1, 0.15) is 5.03 Å². The van der Waals surface area contributed by atoms with Gasteiger partial charge in [-0.15, -0.1) is 0 Å². The first-order valence-electron chi connectivity index (χ1n) is 8.16. The standard InChI is InChI=1S/C16H23N3O2S/c1-11-6-8-19(9-7-11)14(20)10-22-15-12-4-2-3-5-13(12)17-16(21)18-15/h11H,2-10H2,1H3,(H,17,18,21). The lowest BCUT2D eigenvalue weighted by atomic mass is 9.98. The molecule has 5 nitrogen and oxygen atoms in total. The number of nitrogens with zero attached hydrogens (tertiary/aromatic N) is 2. The molecule has 0 radical (unpaired) electrons. The number of hydrogen-bond acceptors (Lipinski definition) is 4. The van der Waals surface area contributed by atoms with E-state index in [0.29, 0.717) is 5.75 Å². The summed E-state index contributed by atoms with van der Waals surface area (Å²) in [4.78, 5) is 32.9. The first-order chi connectivity index (χ1) is 10.6. The highest BCUT2D eigenvalue weighted by molar-refractivity contribution is 7.99. The third kappa shape index (κ3) is 3.54. The Hall–Kier alpha value is -1.30. The van der Waals surface area contributed by atoms with Crippen molar-refractivity contribution in [1.82, 2.24) is 14.9 Å². The number of carbonyl (C=O) groups excluding carboxylic acids is 1. The maximum atomic E-state index is 12.3. The van der Waals surface area contributed by atoms with Gasteiger partial charge in [-0.3, -0.25) is 4.79 Å². The van der Waals surface area contributed by atoms with E-state index < -0.39 is 0 Å². The molecule has 120 valence electrons. The number of rotatable bonds is 3. The third-order valence-corrected chi connectivity index (χ3v) is 5.66. The number of hydrogen-bond donors (Lipinski definition) is 1. The Labute approximate surface area is 134 Å². The predicted molar refractivity (Wildman–Crippen MR) is 87.2 cm³/mol. The first-order valence-corrected chi connectivity index (χ1v) is 9.14. The number of aromatic amines is 1. The molecular formula is C16H23N3O2S. The van der Waals surface area contributed by atoms with Crippen LogP contribution in [0.2, 0.25) is 0 Å². The van der Waals surface area contributed by atoms with Crippen LogP contribution in [0.15, 0.2) is 9.82 Å². The van der Waals surface area contributed by atoms with Gasteiger partial charge in [0.05, 0.1) is 5.75 Å². The van der Waals surface area contributed by atoms with Gasteiger partial charge in [-0.25, -0.2) is 4.79 Å². The van der Waals surface area contributed by atoms with E-state index in [4.69, 9.17) is 0 Å². The molecule has 0 spiro atoms. The second-order valence-electron chi connectivity index (χ2n) is 6.36. The zero-order chi connectivity index (χ0) is 15.5. The summed E-state index contributed by atoms with van der Waals surface area (Å²) in [7, 11) is 0. The van der Waals surface area contributed by atoms with Gasteiger partial charge in [-0.1, -0.05) is 18.7 Å². The molecule has 1 aliphatic heterocycles. The second-order valence-corrected chi connectivity index (χ2v) is 7.33. The minimum absolute atomic E-state index is 0.170. The number of aromatic nitrogens is 2. The fourth-order valence-corrected chi connectivity index (χ4v) is 4.18. The lowest BCUT2D eigenvalue weighted by Crippen LogP contribution is -2.39. The van der Waals surface area contributed by atoms with Crippen molar-refractivity contribution in [3.05, 3.63) is 21.7 Å². The van der Waals surface area contributed by atoms with Gasteiger partial charge in [-0.05, 0) is 44.4 Å². The Morgan fingerprint density at radius 2 is 2.05 bits per heavy atom. The molecule has 1 amide bonds. The number of carbonyl (C=O) groups is 1. The third-order valence-electron chi connectivity index (χ3n) is 4.66. The van der Waals surface area contributed by atoms with Crippen LogP contribution in [0.5, 0.6) is 0 Å². The lowest BCUT2D eigenvalue weighted by Gasteiger charge is -2.30. The zero-order valence-electron chi connectivity index (χ0n) is 13.1. The van der Waals surface area contributed by atoms with E-state index in [9.17, 15) is 9.59 Å². The van der Waals surface area contributed by atoms with E-state index in [1.54, 1.807) is 0 Å². The summed E-state index contributed by atoms with van der Waals surface area (Å²) in [6.45, 7) is 3.96. The van der Waals surface area contributed by atoms with Gasteiger partial charge < -0.3 is 9.88 Å². The van der Waals surface area contributed by atoms with Crippen LogP contribution in [0.4, 0.5) is 0 Å². The predicted octanol–water partition coefficient (Wildman–Crippen LogP) is 2.00. The van der Waals surface area contributed by atoms with E-state index in [1.165, 1.54) is 11.8 Å². The van der Waals surface area contributed by atoms with Gasteiger partial charge in [0, 0.05) is 24.3 Å². The Bertz CT molecular complexity index is 606. The Balaban J connectivity index is 1.65. The minimum atomic E-state index is -0.289. The zero-order valence-corrected chi connectivity index (χ0v) is 13.9. The first kappa shape index (κ1) is 15.6. The van der Waals surface area contributed by atoms with Crippen LogP contribution in [-0.4, -0.2) is 39.6 Å². The highest BCUT2D eigenvalue weighted by Gasteiger charge is 2.22. The maximum Gasteiger partial charge on any atom is 0.346 e. The van der Waals surface area contributed by atoms with Crippen LogP contribution < -0.4 is 5.69 Å². The quantitative estimate of drug-likeness (QED) is 0.683. The van der Waals surface area contributed by atoms with Crippen LogP contribution >= 0.6 is 11.8 Å². The molecule has 22 heavy (non-hydrogen) atoms. The highest BCUT2D eigenvalue weighted by Crippen LogP contribution is 2.27. The molecule has 0 unspecified atom stereocenters. The lowest BCUT2D eigenvalue weighted by molar-refractivity contribution is -0.129. The number of H-pyrrole nitrogens is 1. The average Bonchev–Trinajstić information content (AvgIpc) is 2.52. The van der Waals surface area contributed by atoms with Gasteiger partial charge >= 0.3 is 5.69 Å². The average molecular weight is 321 g/mol. The van der Waals surface area contributed by atoms with Crippen molar-refractivity contribution in [2.45, 2.75) is 50.5 Å². The number of nitrogens with one attached hydrogen (secondary N) is 1. The van der Waals surface area contributed by atoms with Crippen molar-refractivity contribution >= 4 is 17.7 Å². The molecule has 1 aliphatic carbocycles. The Morgan fingerprint density at radius 1 is 1.32 bits per heavy atom. The molecule has 2 aliphatic rings. The number of piperidine rings is 1. The molecule has 1 N–H and O–H groups in total. The number of aryl methyl sites for hydroxylation is 1. The molecule has 1 aromatic heterocycles. The van der Waals surface area contributed by atoms with Crippen LogP contribution in [0.1, 0.15) is 43.9 Å². The van der Waals surface area contributed by atoms with Gasteiger partial charge in [0.2, 0.25) is 5.91 Å². The van der Waals surface area contributed by atoms with Gasteiger partial charge in [0.15, 0.2) is 0 Å². The molecule has 6 heteroatoms. The van der Waals surface area contributed by atoms with Crippen molar-refractivity contribution in [2.24, 2.45) is 5.92 Å². The van der Waals surface area contributed by atoms with Gasteiger partial charge in [0.25, 0.3) is 0 Å². The van der Waals surface area contributed by atoms with E-state index >= 15 is 0 Å². The summed E-state index contributed by atoms with van der Waals surface area (Å²) in [6.07, 6.45) is 6.30. The van der Waals surface area contributed by atoms with E-state index in [2.05, 4.69) is 16.9 Å². The summed E-state index contributed by atoms with van der Waals surface area (Å²) in [5.41, 5.74) is 1.88. The molecule has 1 fully saturated rings. The second kappa shape index (κ2) is 6.86. The fraction of sp³-hybridized carbons (Fsp3) is 0.688. The summed E-state index contributed by atoms with van der Waals surface area (Å²) in [5, 5.41) is 0.761. The van der Waals surface area contributed by atoms with Crippen molar-refractivity contribution in [3.63, 3.8) is 0 Å². The highest BCUT2D eigenvalue weighted by atomic mass is 32.2. The summed E-state index contributed by atoms with van der Waals surface area (Å²) in [5.74, 6) is 1.28. The van der Waals surface area contributed by atoms with Crippen molar-refractivity contribution in [2.75, 3.05) is 18.8 Å². The van der Waals surface area contributed by atoms with Crippen LogP contribution in [0.3, 0.4) is 0 Å². The minimum Gasteiger partial charge on any atom is -0.342 e. The summed E-state index contributed by atoms with van der Waals surface area (Å²) >= 11 is 1.43. The smallest absolute Gasteiger partial charge is 0.342 e. The molecular weight excluding hydrogens is 298 g/mol. The van der Waals surface area contributed by atoms with E-state index in [1.807, 2.05) is 4.90 Å². The monoisotopic (exact) mass is 321 g/mol. The number of likely N-dealkylation sites (tertiary alicyclic amines) is 1. The SMILES string of the molecule is CC1CCN(C(=O)CSc2nc(=O)[nH]c3c2CCCC3)CC1. The number of thioether (sulfide) groups is 1. The van der Waals surface area contributed by atoms with E-state index in [0.717, 1.165) is 73.8 Å². The summed E-state index contributed by atoms with van der Waals surface area (Å²) in [6, 6.07) is 0. The molecule has 2 heterocycles. The van der Waals surface area contributed by atoms with Crippen LogP contribution in [-0.2, 0) is 17.6 Å². The Kier molecular flexibility index (Phi) is 4.86. The topological polar surface area (TPSA) is 66.1 Å². The van der Waals surface area contributed by atoms with Crippen molar-refractivity contribution in [1.29, 1.82) is 0 Å². The molecule has 0 bridgehead atoms. The van der Waals surface area contributed by atoms with Crippen LogP contribution in [0.25, 0.3) is 0 Å². The fourth-order valence-electron chi connectivity index (χ4n) is 3.19. The molecule has 0 saturated carbocycles. The summed E-state index contributed by atoms with van der Waals surface area (Å²) < 4.78 is 0.